The van der Waals surface area contributed by atoms with Crippen molar-refractivity contribution in [1.29, 1.82) is 0 Å². The molecule has 1 saturated heterocycles. The maximum atomic E-state index is 13.5. The van der Waals surface area contributed by atoms with E-state index in [0.717, 1.165) is 6.07 Å². The molecule has 1 aromatic rings. The van der Waals surface area contributed by atoms with Crippen LogP contribution in [-0.2, 0) is 9.84 Å². The third kappa shape index (κ3) is 3.73. The first-order valence-corrected chi connectivity index (χ1v) is 8.08. The van der Waals surface area contributed by atoms with Crippen molar-refractivity contribution in [2.45, 2.75) is 19.4 Å². The van der Waals surface area contributed by atoms with Crippen LogP contribution < -0.4 is 5.32 Å². The molecule has 1 aliphatic rings. The number of hydrogen-bond donors (Lipinski definition) is 1. The lowest BCUT2D eigenvalue weighted by molar-refractivity contribution is 0.461. The first kappa shape index (κ1) is 14.4. The van der Waals surface area contributed by atoms with Crippen LogP contribution in [0.5, 0.6) is 0 Å². The molecule has 1 N–H and O–H groups in total. The van der Waals surface area contributed by atoms with E-state index in [-0.39, 0.29) is 23.5 Å². The highest BCUT2D eigenvalue weighted by Gasteiger charge is 2.27. The summed E-state index contributed by atoms with van der Waals surface area (Å²) >= 11 is 0. The Morgan fingerprint density at radius 3 is 2.74 bits per heavy atom. The van der Waals surface area contributed by atoms with E-state index in [2.05, 4.69) is 5.32 Å². The molecule has 0 saturated carbocycles. The highest BCUT2D eigenvalue weighted by atomic mass is 32.2. The van der Waals surface area contributed by atoms with Crippen molar-refractivity contribution in [3.63, 3.8) is 0 Å². The van der Waals surface area contributed by atoms with Crippen LogP contribution in [0.1, 0.15) is 24.9 Å². The number of benzene rings is 1. The number of halogens is 2. The van der Waals surface area contributed by atoms with Crippen LogP contribution in [0.15, 0.2) is 18.2 Å². The Kier molecular flexibility index (Phi) is 4.20. The van der Waals surface area contributed by atoms with Gasteiger partial charge in [0.1, 0.15) is 11.6 Å². The molecule has 0 amide bonds. The monoisotopic (exact) mass is 289 g/mol. The Balaban J connectivity index is 1.93. The van der Waals surface area contributed by atoms with Crippen molar-refractivity contribution >= 4 is 9.84 Å². The zero-order chi connectivity index (χ0) is 14.0. The molecule has 3 nitrogen and oxygen atoms in total. The lowest BCUT2D eigenvalue weighted by atomic mass is 10.1. The molecule has 0 aromatic heterocycles. The second kappa shape index (κ2) is 5.54. The van der Waals surface area contributed by atoms with Crippen molar-refractivity contribution in [2.75, 3.05) is 18.1 Å². The predicted octanol–water partition coefficient (Wildman–Crippen LogP) is 2.05. The van der Waals surface area contributed by atoms with Crippen LogP contribution in [0, 0.1) is 17.6 Å². The lowest BCUT2D eigenvalue weighted by Crippen LogP contribution is -2.27. The zero-order valence-corrected chi connectivity index (χ0v) is 11.5. The van der Waals surface area contributed by atoms with Crippen LogP contribution in [0.4, 0.5) is 8.78 Å². The average Bonchev–Trinajstić information content (AvgIpc) is 2.66. The molecule has 19 heavy (non-hydrogen) atoms. The highest BCUT2D eigenvalue weighted by molar-refractivity contribution is 7.91. The third-order valence-corrected chi connectivity index (χ3v) is 5.31. The van der Waals surface area contributed by atoms with E-state index >= 15 is 0 Å². The summed E-state index contributed by atoms with van der Waals surface area (Å²) in [6.07, 6.45) is 0.647. The third-order valence-electron chi connectivity index (χ3n) is 3.47. The molecule has 2 rings (SSSR count). The van der Waals surface area contributed by atoms with Crippen LogP contribution >= 0.6 is 0 Å². The number of rotatable bonds is 4. The fraction of sp³-hybridized carbons (Fsp3) is 0.538. The Bertz CT molecular complexity index is 560. The molecule has 1 heterocycles. The zero-order valence-electron chi connectivity index (χ0n) is 10.7. The number of sulfone groups is 1. The van der Waals surface area contributed by atoms with Gasteiger partial charge in [0.25, 0.3) is 0 Å². The molecule has 0 spiro atoms. The minimum Gasteiger partial charge on any atom is -0.310 e. The van der Waals surface area contributed by atoms with E-state index in [1.54, 1.807) is 6.92 Å². The van der Waals surface area contributed by atoms with E-state index in [9.17, 15) is 17.2 Å². The summed E-state index contributed by atoms with van der Waals surface area (Å²) in [5.74, 6) is -0.678. The smallest absolute Gasteiger partial charge is 0.150 e. The molecular formula is C13H17F2NO2S. The number of hydrogen-bond acceptors (Lipinski definition) is 3. The molecule has 2 unspecified atom stereocenters. The van der Waals surface area contributed by atoms with E-state index in [0.29, 0.717) is 18.5 Å². The molecule has 0 bridgehead atoms. The summed E-state index contributed by atoms with van der Waals surface area (Å²) in [6.45, 7) is 2.30. The van der Waals surface area contributed by atoms with E-state index in [4.69, 9.17) is 0 Å². The van der Waals surface area contributed by atoms with Gasteiger partial charge >= 0.3 is 0 Å². The Morgan fingerprint density at radius 2 is 2.16 bits per heavy atom. The summed E-state index contributed by atoms with van der Waals surface area (Å²) in [6, 6.07) is 3.21. The molecular weight excluding hydrogens is 272 g/mol. The van der Waals surface area contributed by atoms with Crippen LogP contribution in [0.25, 0.3) is 0 Å². The topological polar surface area (TPSA) is 46.2 Å². The molecule has 1 aliphatic heterocycles. The van der Waals surface area contributed by atoms with Crippen molar-refractivity contribution < 1.29 is 17.2 Å². The van der Waals surface area contributed by atoms with Gasteiger partial charge in [-0.05, 0) is 31.9 Å². The average molecular weight is 289 g/mol. The van der Waals surface area contributed by atoms with Gasteiger partial charge in [0.2, 0.25) is 0 Å². The number of nitrogens with one attached hydrogen (secondary N) is 1. The Morgan fingerprint density at radius 1 is 1.42 bits per heavy atom. The van der Waals surface area contributed by atoms with Crippen molar-refractivity contribution in [3.8, 4) is 0 Å². The maximum Gasteiger partial charge on any atom is 0.150 e. The van der Waals surface area contributed by atoms with Gasteiger partial charge in [0.15, 0.2) is 9.84 Å². The highest BCUT2D eigenvalue weighted by Crippen LogP contribution is 2.21. The van der Waals surface area contributed by atoms with Crippen molar-refractivity contribution in [2.24, 2.45) is 5.92 Å². The molecule has 0 aliphatic carbocycles. The SMILES string of the molecule is CC(NCC1CCS(=O)(=O)C1)c1ccc(F)cc1F. The molecule has 2 atom stereocenters. The maximum absolute atomic E-state index is 13.5. The summed E-state index contributed by atoms with van der Waals surface area (Å²) in [4.78, 5) is 0. The van der Waals surface area contributed by atoms with E-state index in [1.807, 2.05) is 0 Å². The quantitative estimate of drug-likeness (QED) is 0.923. The largest absolute Gasteiger partial charge is 0.310 e. The van der Waals surface area contributed by atoms with E-state index < -0.39 is 21.5 Å². The summed E-state index contributed by atoms with van der Waals surface area (Å²) < 4.78 is 49.0. The van der Waals surface area contributed by atoms with E-state index in [1.165, 1.54) is 12.1 Å². The van der Waals surface area contributed by atoms with Gasteiger partial charge in [0.05, 0.1) is 11.5 Å². The van der Waals surface area contributed by atoms with Gasteiger partial charge in [-0.25, -0.2) is 17.2 Å². The van der Waals surface area contributed by atoms with Gasteiger partial charge < -0.3 is 5.32 Å². The summed E-state index contributed by atoms with van der Waals surface area (Å²) in [5, 5.41) is 3.11. The second-order valence-electron chi connectivity index (χ2n) is 5.06. The molecule has 106 valence electrons. The minimum atomic E-state index is -2.89. The van der Waals surface area contributed by atoms with Crippen LogP contribution in [-0.4, -0.2) is 26.5 Å². The minimum absolute atomic E-state index is 0.0796. The second-order valence-corrected chi connectivity index (χ2v) is 7.29. The Labute approximate surface area is 111 Å². The normalized spacial score (nSPS) is 23.4. The fourth-order valence-electron chi connectivity index (χ4n) is 2.34. The standard InChI is InChI=1S/C13H17F2NO2S/c1-9(12-3-2-11(14)6-13(12)15)16-7-10-4-5-19(17,18)8-10/h2-3,6,9-10,16H,4-5,7-8H2,1H3. The van der Waals surface area contributed by atoms with Gasteiger partial charge in [0, 0.05) is 17.7 Å². The first-order valence-electron chi connectivity index (χ1n) is 6.26. The predicted molar refractivity (Wildman–Crippen MR) is 69.5 cm³/mol. The summed E-state index contributed by atoms with van der Waals surface area (Å²) in [7, 11) is -2.89. The van der Waals surface area contributed by atoms with Gasteiger partial charge in [-0.3, -0.25) is 0 Å². The van der Waals surface area contributed by atoms with Gasteiger partial charge in [-0.15, -0.1) is 0 Å². The fourth-order valence-corrected chi connectivity index (χ4v) is 4.20. The first-order chi connectivity index (χ1) is 8.87. The van der Waals surface area contributed by atoms with Gasteiger partial charge in [-0.1, -0.05) is 6.07 Å². The summed E-state index contributed by atoms with van der Waals surface area (Å²) in [5.41, 5.74) is 0.391. The van der Waals surface area contributed by atoms with Crippen LogP contribution in [0.2, 0.25) is 0 Å². The van der Waals surface area contributed by atoms with Gasteiger partial charge in [-0.2, -0.15) is 0 Å². The lowest BCUT2D eigenvalue weighted by Gasteiger charge is -2.17. The van der Waals surface area contributed by atoms with Crippen molar-refractivity contribution in [1.82, 2.24) is 5.32 Å². The Hall–Kier alpha value is -1.01. The molecule has 1 aromatic carbocycles. The molecule has 1 fully saturated rings. The molecule has 0 radical (unpaired) electrons. The molecule has 6 heteroatoms. The van der Waals surface area contributed by atoms with Crippen LogP contribution in [0.3, 0.4) is 0 Å². The van der Waals surface area contributed by atoms with Crippen molar-refractivity contribution in [3.05, 3.63) is 35.4 Å².